The summed E-state index contributed by atoms with van der Waals surface area (Å²) in [5, 5.41) is 0. The first-order valence-corrected chi connectivity index (χ1v) is 16.1. The van der Waals surface area contributed by atoms with E-state index in [4.69, 9.17) is 4.98 Å². The largest absolute Gasteiger partial charge is 0.310 e. The van der Waals surface area contributed by atoms with Gasteiger partial charge in [0.2, 0.25) is 0 Å². The maximum atomic E-state index is 5.11. The SMILES string of the molecule is c1ccc(-n2c(-c3ccc(N4c5ccccc5C(c5ccccc5)(c5ccccc5)c5ccccc54)cc3)nc3ccccc32)cc1. The number of hydrogen-bond donors (Lipinski definition) is 0. The van der Waals surface area contributed by atoms with Crippen molar-refractivity contribution >= 4 is 28.1 Å². The van der Waals surface area contributed by atoms with Crippen LogP contribution >= 0.6 is 0 Å². The Morgan fingerprint density at radius 1 is 0.404 bits per heavy atom. The molecule has 0 unspecified atom stereocenters. The monoisotopic (exact) mass is 601 g/mol. The lowest BCUT2D eigenvalue weighted by atomic mass is 9.62. The maximum Gasteiger partial charge on any atom is 0.145 e. The van der Waals surface area contributed by atoms with E-state index < -0.39 is 5.41 Å². The summed E-state index contributed by atoms with van der Waals surface area (Å²) in [5.74, 6) is 0.926. The second-order valence-electron chi connectivity index (χ2n) is 12.0. The second kappa shape index (κ2) is 11.0. The van der Waals surface area contributed by atoms with Gasteiger partial charge in [0.1, 0.15) is 5.82 Å². The van der Waals surface area contributed by atoms with Gasteiger partial charge >= 0.3 is 0 Å². The first kappa shape index (κ1) is 27.1. The van der Waals surface area contributed by atoms with Crippen LogP contribution in [-0.4, -0.2) is 9.55 Å². The molecular formula is C44H31N3. The number of para-hydroxylation sites is 5. The number of nitrogens with zero attached hydrogens (tertiary/aromatic N) is 3. The third kappa shape index (κ3) is 4.17. The molecule has 0 spiro atoms. The Labute approximate surface area is 274 Å². The van der Waals surface area contributed by atoms with Gasteiger partial charge in [-0.3, -0.25) is 4.57 Å². The molecule has 9 rings (SSSR count). The van der Waals surface area contributed by atoms with E-state index in [9.17, 15) is 0 Å². The van der Waals surface area contributed by atoms with Crippen LogP contribution < -0.4 is 4.90 Å². The van der Waals surface area contributed by atoms with Crippen LogP contribution in [0.2, 0.25) is 0 Å². The molecule has 3 nitrogen and oxygen atoms in total. The van der Waals surface area contributed by atoms with Gasteiger partial charge < -0.3 is 4.90 Å². The fourth-order valence-corrected chi connectivity index (χ4v) is 7.51. The summed E-state index contributed by atoms with van der Waals surface area (Å²) in [6.07, 6.45) is 0. The van der Waals surface area contributed by atoms with Crippen molar-refractivity contribution in [2.45, 2.75) is 5.41 Å². The average molecular weight is 602 g/mol. The van der Waals surface area contributed by atoms with Crippen LogP contribution in [0.5, 0.6) is 0 Å². The lowest BCUT2D eigenvalue weighted by molar-refractivity contribution is 0.731. The summed E-state index contributed by atoms with van der Waals surface area (Å²) in [5.41, 5.74) is 12.2. The Morgan fingerprint density at radius 2 is 0.894 bits per heavy atom. The van der Waals surface area contributed by atoms with Crippen LogP contribution in [0.3, 0.4) is 0 Å². The normalized spacial score (nSPS) is 13.2. The molecule has 0 fully saturated rings. The molecule has 0 saturated heterocycles. The maximum absolute atomic E-state index is 5.11. The van der Waals surface area contributed by atoms with Crippen LogP contribution in [0.4, 0.5) is 17.1 Å². The van der Waals surface area contributed by atoms with E-state index in [1.165, 1.54) is 33.6 Å². The van der Waals surface area contributed by atoms with E-state index in [-0.39, 0.29) is 0 Å². The van der Waals surface area contributed by atoms with E-state index in [0.717, 1.165) is 33.8 Å². The lowest BCUT2D eigenvalue weighted by Gasteiger charge is -2.46. The number of benzene rings is 7. The fourth-order valence-electron chi connectivity index (χ4n) is 7.51. The number of aromatic nitrogens is 2. The Kier molecular flexibility index (Phi) is 6.36. The standard InChI is InChI=1S/C44H31N3/c1-4-16-33(17-5-1)44(34-18-6-2-7-19-34)37-22-10-13-25-40(37)46(41-26-14-11-23-38(41)44)36-30-28-32(29-31-36)43-45-39-24-12-15-27-42(39)47(43)35-20-8-3-9-21-35/h1-31H. The summed E-state index contributed by atoms with van der Waals surface area (Å²) >= 11 is 0. The second-order valence-corrected chi connectivity index (χ2v) is 12.0. The molecule has 1 aliphatic rings. The molecule has 7 aromatic carbocycles. The first-order valence-electron chi connectivity index (χ1n) is 16.1. The van der Waals surface area contributed by atoms with Gasteiger partial charge in [-0.2, -0.15) is 0 Å². The van der Waals surface area contributed by atoms with Crippen molar-refractivity contribution < 1.29 is 0 Å². The minimum atomic E-state index is -0.479. The molecule has 0 N–H and O–H groups in total. The van der Waals surface area contributed by atoms with Crippen LogP contribution in [-0.2, 0) is 5.41 Å². The Balaban J connectivity index is 1.24. The summed E-state index contributed by atoms with van der Waals surface area (Å²) in [6, 6.07) is 67.3. The molecule has 0 radical (unpaired) electrons. The highest BCUT2D eigenvalue weighted by atomic mass is 15.2. The van der Waals surface area contributed by atoms with E-state index in [2.05, 4.69) is 191 Å². The number of fused-ring (bicyclic) bond motifs is 3. The van der Waals surface area contributed by atoms with Crippen molar-refractivity contribution in [3.8, 4) is 17.1 Å². The quantitative estimate of drug-likeness (QED) is 0.196. The molecule has 3 heteroatoms. The van der Waals surface area contributed by atoms with Crippen LogP contribution in [0.25, 0.3) is 28.1 Å². The molecule has 2 heterocycles. The molecule has 1 aliphatic heterocycles. The Bertz CT molecular complexity index is 2250. The number of rotatable bonds is 5. The smallest absolute Gasteiger partial charge is 0.145 e. The average Bonchev–Trinajstić information content (AvgIpc) is 3.55. The summed E-state index contributed by atoms with van der Waals surface area (Å²) in [6.45, 7) is 0. The minimum absolute atomic E-state index is 0.479. The van der Waals surface area contributed by atoms with Gasteiger partial charge in [0.05, 0.1) is 27.8 Å². The number of imidazole rings is 1. The highest BCUT2D eigenvalue weighted by Gasteiger charge is 2.46. The third-order valence-electron chi connectivity index (χ3n) is 9.47. The van der Waals surface area contributed by atoms with Gasteiger partial charge in [-0.15, -0.1) is 0 Å². The topological polar surface area (TPSA) is 21.1 Å². The van der Waals surface area contributed by atoms with E-state index in [1.54, 1.807) is 0 Å². The van der Waals surface area contributed by atoms with E-state index >= 15 is 0 Å². The van der Waals surface area contributed by atoms with Gasteiger partial charge in [-0.05, 0) is 82.9 Å². The van der Waals surface area contributed by atoms with Crippen molar-refractivity contribution in [2.75, 3.05) is 4.90 Å². The summed E-state index contributed by atoms with van der Waals surface area (Å²) in [4.78, 5) is 7.52. The van der Waals surface area contributed by atoms with Crippen LogP contribution in [0, 0.1) is 0 Å². The molecule has 1 aromatic heterocycles. The molecular weight excluding hydrogens is 571 g/mol. The molecule has 47 heavy (non-hydrogen) atoms. The molecule has 0 amide bonds. The van der Waals surface area contributed by atoms with Crippen molar-refractivity contribution in [3.63, 3.8) is 0 Å². The summed E-state index contributed by atoms with van der Waals surface area (Å²) < 4.78 is 2.25. The van der Waals surface area contributed by atoms with Gasteiger partial charge in [-0.1, -0.05) is 127 Å². The zero-order valence-electron chi connectivity index (χ0n) is 25.7. The van der Waals surface area contributed by atoms with Crippen LogP contribution in [0.1, 0.15) is 22.3 Å². The zero-order valence-corrected chi connectivity index (χ0v) is 25.7. The number of hydrogen-bond acceptors (Lipinski definition) is 2. The van der Waals surface area contributed by atoms with Crippen molar-refractivity contribution in [1.82, 2.24) is 9.55 Å². The predicted octanol–water partition coefficient (Wildman–Crippen LogP) is 10.9. The molecule has 0 aliphatic carbocycles. The van der Waals surface area contributed by atoms with Gasteiger partial charge in [-0.25, -0.2) is 4.98 Å². The van der Waals surface area contributed by atoms with Gasteiger partial charge in [0, 0.05) is 16.9 Å². The van der Waals surface area contributed by atoms with E-state index in [0.29, 0.717) is 0 Å². The summed E-state index contributed by atoms with van der Waals surface area (Å²) in [7, 11) is 0. The Morgan fingerprint density at radius 3 is 1.49 bits per heavy atom. The van der Waals surface area contributed by atoms with Gasteiger partial charge in [0.25, 0.3) is 0 Å². The van der Waals surface area contributed by atoms with Crippen molar-refractivity contribution in [3.05, 3.63) is 210 Å². The Hall–Kier alpha value is -6.19. The number of anilines is 3. The highest BCUT2D eigenvalue weighted by Crippen LogP contribution is 2.57. The molecule has 0 atom stereocenters. The highest BCUT2D eigenvalue weighted by molar-refractivity contribution is 5.90. The van der Waals surface area contributed by atoms with Gasteiger partial charge in [0.15, 0.2) is 0 Å². The van der Waals surface area contributed by atoms with Crippen molar-refractivity contribution in [1.29, 1.82) is 0 Å². The molecule has 8 aromatic rings. The van der Waals surface area contributed by atoms with E-state index in [1.807, 2.05) is 6.07 Å². The van der Waals surface area contributed by atoms with Crippen LogP contribution in [0.15, 0.2) is 188 Å². The predicted molar refractivity (Wildman–Crippen MR) is 193 cm³/mol. The fraction of sp³-hybridized carbons (Fsp3) is 0.0227. The zero-order chi connectivity index (χ0) is 31.2. The third-order valence-corrected chi connectivity index (χ3v) is 9.47. The molecule has 222 valence electrons. The minimum Gasteiger partial charge on any atom is -0.310 e. The first-order chi connectivity index (χ1) is 23.3. The molecule has 0 bridgehead atoms. The van der Waals surface area contributed by atoms with Crippen molar-refractivity contribution in [2.24, 2.45) is 0 Å². The molecule has 0 saturated carbocycles. The lowest BCUT2D eigenvalue weighted by Crippen LogP contribution is -2.37.